The SMILES string of the molecule is Cc1cc(C(C)c2csc(-c3ccc4c(c3)CCCCC4)c2)c(C)cc1CC[N+](=O)[O-]. The maximum atomic E-state index is 10.8. The molecule has 1 aromatic heterocycles. The molecular formula is C27H31NO2S. The highest BCUT2D eigenvalue weighted by Gasteiger charge is 2.17. The predicted molar refractivity (Wildman–Crippen MR) is 130 cm³/mol. The fraction of sp³-hybridized carbons (Fsp3) is 0.407. The normalized spacial score (nSPS) is 14.7. The Morgan fingerprint density at radius 3 is 2.55 bits per heavy atom. The minimum absolute atomic E-state index is 0.0101. The summed E-state index contributed by atoms with van der Waals surface area (Å²) in [7, 11) is 0. The van der Waals surface area contributed by atoms with Gasteiger partial charge in [0.2, 0.25) is 6.54 Å². The molecule has 0 spiro atoms. The maximum Gasteiger partial charge on any atom is 0.207 e. The molecule has 1 aliphatic carbocycles. The van der Waals surface area contributed by atoms with Gasteiger partial charge in [-0.3, -0.25) is 10.1 Å². The number of thiophene rings is 1. The molecular weight excluding hydrogens is 402 g/mol. The molecule has 4 heteroatoms. The summed E-state index contributed by atoms with van der Waals surface area (Å²) in [6, 6.07) is 13.8. The molecule has 0 radical (unpaired) electrons. The van der Waals surface area contributed by atoms with E-state index in [-0.39, 0.29) is 11.5 Å². The van der Waals surface area contributed by atoms with Crippen LogP contribution in [0.15, 0.2) is 41.8 Å². The van der Waals surface area contributed by atoms with Gasteiger partial charge in [-0.05, 0) is 95.5 Å². The Labute approximate surface area is 189 Å². The van der Waals surface area contributed by atoms with E-state index in [1.807, 2.05) is 11.3 Å². The molecule has 0 saturated carbocycles. The lowest BCUT2D eigenvalue weighted by atomic mass is 9.88. The summed E-state index contributed by atoms with van der Waals surface area (Å²) in [6.07, 6.45) is 6.89. The van der Waals surface area contributed by atoms with Crippen LogP contribution in [0.4, 0.5) is 0 Å². The standard InChI is InChI=1S/C27H31NO2S/c1-18-14-26(19(2)13-22(18)11-12-28(29)30)20(3)25-16-27(31-17-25)24-10-9-21-7-5-4-6-8-23(21)15-24/h9-10,13-17,20H,4-8,11-12H2,1-3H3. The highest BCUT2D eigenvalue weighted by Crippen LogP contribution is 2.36. The van der Waals surface area contributed by atoms with E-state index in [1.54, 1.807) is 0 Å². The average molecular weight is 434 g/mol. The number of fused-ring (bicyclic) bond motifs is 1. The van der Waals surface area contributed by atoms with Gasteiger partial charge in [0.15, 0.2) is 0 Å². The van der Waals surface area contributed by atoms with E-state index in [9.17, 15) is 10.1 Å². The van der Waals surface area contributed by atoms with Crippen molar-refractivity contribution < 1.29 is 4.92 Å². The topological polar surface area (TPSA) is 43.1 Å². The Balaban J connectivity index is 1.57. The van der Waals surface area contributed by atoms with Crippen LogP contribution in [0.1, 0.15) is 71.0 Å². The Bertz CT molecular complexity index is 1100. The van der Waals surface area contributed by atoms with Gasteiger partial charge in [0.05, 0.1) is 0 Å². The molecule has 1 atom stereocenters. The second-order valence-corrected chi connectivity index (χ2v) is 9.86. The van der Waals surface area contributed by atoms with E-state index in [2.05, 4.69) is 62.5 Å². The lowest BCUT2D eigenvalue weighted by Gasteiger charge is -2.17. The Hall–Kier alpha value is -2.46. The van der Waals surface area contributed by atoms with Gasteiger partial charge in [-0.25, -0.2) is 0 Å². The first-order valence-corrected chi connectivity index (χ1v) is 12.2. The van der Waals surface area contributed by atoms with Crippen molar-refractivity contribution in [1.82, 2.24) is 0 Å². The van der Waals surface area contributed by atoms with E-state index in [4.69, 9.17) is 0 Å². The Morgan fingerprint density at radius 1 is 1.00 bits per heavy atom. The van der Waals surface area contributed by atoms with Crippen LogP contribution < -0.4 is 0 Å². The molecule has 0 N–H and O–H groups in total. The molecule has 162 valence electrons. The summed E-state index contributed by atoms with van der Waals surface area (Å²) in [6.45, 7) is 6.45. The van der Waals surface area contributed by atoms with Gasteiger partial charge in [-0.1, -0.05) is 43.7 Å². The second kappa shape index (κ2) is 9.35. The average Bonchev–Trinajstić information content (AvgIpc) is 3.12. The Kier molecular flexibility index (Phi) is 6.57. The third-order valence-corrected chi connectivity index (χ3v) is 7.76. The van der Waals surface area contributed by atoms with Crippen LogP contribution in [0, 0.1) is 24.0 Å². The minimum atomic E-state index is -0.235. The summed E-state index contributed by atoms with van der Waals surface area (Å²) >= 11 is 1.83. The molecule has 1 unspecified atom stereocenters. The molecule has 1 aliphatic rings. The van der Waals surface area contributed by atoms with Crippen molar-refractivity contribution in [3.63, 3.8) is 0 Å². The van der Waals surface area contributed by atoms with Gasteiger partial charge in [-0.15, -0.1) is 11.3 Å². The van der Waals surface area contributed by atoms with Gasteiger partial charge in [0.25, 0.3) is 0 Å². The van der Waals surface area contributed by atoms with Crippen LogP contribution >= 0.6 is 11.3 Å². The molecule has 0 aliphatic heterocycles. The largest absolute Gasteiger partial charge is 0.265 e. The fourth-order valence-electron chi connectivity index (χ4n) is 4.82. The zero-order chi connectivity index (χ0) is 22.0. The first-order valence-electron chi connectivity index (χ1n) is 11.3. The summed E-state index contributed by atoms with van der Waals surface area (Å²) in [4.78, 5) is 11.9. The van der Waals surface area contributed by atoms with Crippen LogP contribution in [0.5, 0.6) is 0 Å². The quantitative estimate of drug-likeness (QED) is 0.233. The zero-order valence-corrected chi connectivity index (χ0v) is 19.6. The van der Waals surface area contributed by atoms with Crippen LogP contribution in [0.25, 0.3) is 10.4 Å². The van der Waals surface area contributed by atoms with Crippen molar-refractivity contribution in [3.05, 3.63) is 90.8 Å². The van der Waals surface area contributed by atoms with Crippen molar-refractivity contribution in [2.24, 2.45) is 0 Å². The molecule has 3 aromatic rings. The highest BCUT2D eigenvalue weighted by atomic mass is 32.1. The van der Waals surface area contributed by atoms with Gasteiger partial charge in [0.1, 0.15) is 0 Å². The molecule has 0 fully saturated rings. The first-order chi connectivity index (χ1) is 14.9. The van der Waals surface area contributed by atoms with Crippen LogP contribution in [0.3, 0.4) is 0 Å². The molecule has 3 nitrogen and oxygen atoms in total. The predicted octanol–water partition coefficient (Wildman–Crippen LogP) is 7.27. The number of aryl methyl sites for hydroxylation is 4. The smallest absolute Gasteiger partial charge is 0.207 e. The van der Waals surface area contributed by atoms with Gasteiger partial charge >= 0.3 is 0 Å². The van der Waals surface area contributed by atoms with E-state index >= 15 is 0 Å². The van der Waals surface area contributed by atoms with Crippen molar-refractivity contribution in [2.75, 3.05) is 6.54 Å². The van der Waals surface area contributed by atoms with E-state index in [0.717, 1.165) is 11.1 Å². The summed E-state index contributed by atoms with van der Waals surface area (Å²) in [5.41, 5.74) is 10.5. The zero-order valence-electron chi connectivity index (χ0n) is 18.7. The number of nitrogens with zero attached hydrogens (tertiary/aromatic N) is 1. The number of hydrogen-bond donors (Lipinski definition) is 0. The number of nitro groups is 1. The molecule has 0 amide bonds. The third-order valence-electron chi connectivity index (χ3n) is 6.76. The van der Waals surface area contributed by atoms with E-state index in [0.29, 0.717) is 12.3 Å². The van der Waals surface area contributed by atoms with Crippen LogP contribution in [0.2, 0.25) is 0 Å². The number of rotatable bonds is 6. The summed E-state index contributed by atoms with van der Waals surface area (Å²) in [5.74, 6) is 0.300. The number of hydrogen-bond acceptors (Lipinski definition) is 3. The van der Waals surface area contributed by atoms with E-state index < -0.39 is 0 Å². The fourth-order valence-corrected chi connectivity index (χ4v) is 5.82. The van der Waals surface area contributed by atoms with Gasteiger partial charge in [0, 0.05) is 22.1 Å². The lowest BCUT2D eigenvalue weighted by Crippen LogP contribution is -2.07. The highest BCUT2D eigenvalue weighted by molar-refractivity contribution is 7.13. The van der Waals surface area contributed by atoms with Crippen molar-refractivity contribution >= 4 is 11.3 Å². The summed E-state index contributed by atoms with van der Waals surface area (Å²) < 4.78 is 0. The monoisotopic (exact) mass is 433 g/mol. The second-order valence-electron chi connectivity index (χ2n) is 8.95. The number of benzene rings is 2. The van der Waals surface area contributed by atoms with Gasteiger partial charge in [-0.2, -0.15) is 0 Å². The minimum Gasteiger partial charge on any atom is -0.265 e. The molecule has 2 aromatic carbocycles. The van der Waals surface area contributed by atoms with E-state index in [1.165, 1.54) is 70.4 Å². The molecule has 4 rings (SSSR count). The Morgan fingerprint density at radius 2 is 1.77 bits per heavy atom. The van der Waals surface area contributed by atoms with Crippen molar-refractivity contribution in [1.29, 1.82) is 0 Å². The lowest BCUT2D eigenvalue weighted by molar-refractivity contribution is -0.479. The van der Waals surface area contributed by atoms with Crippen LogP contribution in [-0.2, 0) is 19.3 Å². The van der Waals surface area contributed by atoms with Gasteiger partial charge < -0.3 is 0 Å². The molecule has 0 saturated heterocycles. The molecule has 1 heterocycles. The van der Waals surface area contributed by atoms with Crippen LogP contribution in [-0.4, -0.2) is 11.5 Å². The molecule has 31 heavy (non-hydrogen) atoms. The maximum absolute atomic E-state index is 10.8. The van der Waals surface area contributed by atoms with Crippen molar-refractivity contribution in [3.8, 4) is 10.4 Å². The molecule has 0 bridgehead atoms. The third kappa shape index (κ3) is 4.90. The first kappa shape index (κ1) is 21.8. The summed E-state index contributed by atoms with van der Waals surface area (Å²) in [5, 5.41) is 13.0. The van der Waals surface area contributed by atoms with Crippen molar-refractivity contribution in [2.45, 2.75) is 65.2 Å².